The number of carbonyl (C=O) groups is 1. The highest BCUT2D eigenvalue weighted by molar-refractivity contribution is 8.00. The first-order valence-electron chi connectivity index (χ1n) is 9.96. The minimum Gasteiger partial charge on any atom is -0.393 e. The Labute approximate surface area is 192 Å². The maximum atomic E-state index is 14.2. The number of alkyl halides is 4. The molecule has 14 heteroatoms. The molecule has 2 fully saturated rings. The molecule has 1 aromatic carbocycles. The fraction of sp³-hybridized carbons (Fsp3) is 0.421. The number of amides is 2. The van der Waals surface area contributed by atoms with E-state index in [-0.39, 0.29) is 52.6 Å². The smallest absolute Gasteiger partial charge is 0.393 e. The number of halogens is 4. The Kier molecular flexibility index (Phi) is 5.61. The summed E-state index contributed by atoms with van der Waals surface area (Å²) in [5.74, 6) is 0.0343. The van der Waals surface area contributed by atoms with Crippen LogP contribution < -0.4 is 16.0 Å². The van der Waals surface area contributed by atoms with Gasteiger partial charge in [0, 0.05) is 23.2 Å². The Morgan fingerprint density at radius 3 is 2.79 bits per heavy atom. The third-order valence-electron chi connectivity index (χ3n) is 5.40. The van der Waals surface area contributed by atoms with Crippen LogP contribution in [0.4, 0.5) is 28.0 Å². The third kappa shape index (κ3) is 4.46. The highest BCUT2D eigenvalue weighted by atomic mass is 32.2. The van der Waals surface area contributed by atoms with Gasteiger partial charge >= 0.3 is 11.5 Å². The summed E-state index contributed by atoms with van der Waals surface area (Å²) in [6.45, 7) is 0.211. The number of aliphatic hydroxyl groups is 1. The van der Waals surface area contributed by atoms with Crippen molar-refractivity contribution in [3.8, 4) is 10.7 Å². The number of anilines is 1. The van der Waals surface area contributed by atoms with Crippen molar-refractivity contribution in [3.63, 3.8) is 0 Å². The van der Waals surface area contributed by atoms with E-state index in [0.29, 0.717) is 15.8 Å². The number of hydrogen-bond acceptors (Lipinski definition) is 8. The Morgan fingerprint density at radius 1 is 1.30 bits per heavy atom. The molecule has 3 aromatic rings. The van der Waals surface area contributed by atoms with E-state index in [1.54, 1.807) is 18.2 Å². The standard InChI is InChI=1S/C19H17F4N5O3S2/c20-9-4-7(29)5-11(9)25-10-3-1-2-8-13(10)32-15(14(8)33-19(21,22)23)16-27-17(31-28-16)12-6-24-18(30)26-12/h1-3,7,9,11-12,25,29H,4-6H2,(H2,24,26,30)/t7?,9-,11+,12+/m0/s1. The second-order valence-corrected chi connectivity index (χ2v) is 9.84. The van der Waals surface area contributed by atoms with Crippen molar-refractivity contribution in [2.45, 2.75) is 47.6 Å². The van der Waals surface area contributed by atoms with E-state index in [1.165, 1.54) is 0 Å². The lowest BCUT2D eigenvalue weighted by molar-refractivity contribution is -0.0327. The van der Waals surface area contributed by atoms with Crippen molar-refractivity contribution in [2.24, 2.45) is 0 Å². The maximum Gasteiger partial charge on any atom is 0.446 e. The van der Waals surface area contributed by atoms with E-state index < -0.39 is 35.9 Å². The van der Waals surface area contributed by atoms with Gasteiger partial charge in [0.05, 0.1) is 27.4 Å². The highest BCUT2D eigenvalue weighted by Crippen LogP contribution is 2.51. The maximum absolute atomic E-state index is 14.2. The lowest BCUT2D eigenvalue weighted by Gasteiger charge is -2.16. The second kappa shape index (κ2) is 8.33. The van der Waals surface area contributed by atoms with Gasteiger partial charge < -0.3 is 25.6 Å². The minimum atomic E-state index is -4.57. The number of urea groups is 1. The molecule has 0 radical (unpaired) electrons. The fourth-order valence-electron chi connectivity index (χ4n) is 3.96. The number of nitrogens with zero attached hydrogens (tertiary/aromatic N) is 2. The van der Waals surface area contributed by atoms with E-state index in [4.69, 9.17) is 4.52 Å². The summed E-state index contributed by atoms with van der Waals surface area (Å²) < 4.78 is 60.2. The predicted molar refractivity (Wildman–Crippen MR) is 114 cm³/mol. The second-order valence-electron chi connectivity index (χ2n) is 7.75. The van der Waals surface area contributed by atoms with Crippen molar-refractivity contribution >= 4 is 44.9 Å². The number of thioether (sulfide) groups is 1. The highest BCUT2D eigenvalue weighted by Gasteiger charge is 2.36. The zero-order valence-electron chi connectivity index (χ0n) is 16.6. The van der Waals surface area contributed by atoms with Crippen molar-refractivity contribution < 1.29 is 32.0 Å². The molecule has 4 N–H and O–H groups in total. The molecule has 5 rings (SSSR count). The van der Waals surface area contributed by atoms with E-state index in [9.17, 15) is 27.5 Å². The molecule has 4 atom stereocenters. The van der Waals surface area contributed by atoms with Crippen LogP contribution in [-0.4, -0.2) is 51.6 Å². The van der Waals surface area contributed by atoms with Gasteiger partial charge in [-0.2, -0.15) is 18.2 Å². The first kappa shape index (κ1) is 22.2. The van der Waals surface area contributed by atoms with Crippen molar-refractivity contribution in [2.75, 3.05) is 11.9 Å². The van der Waals surface area contributed by atoms with Crippen LogP contribution in [0.15, 0.2) is 27.6 Å². The normalized spacial score (nSPS) is 25.4. The molecule has 1 unspecified atom stereocenters. The topological polar surface area (TPSA) is 112 Å². The van der Waals surface area contributed by atoms with Gasteiger partial charge in [-0.1, -0.05) is 17.3 Å². The number of aromatic nitrogens is 2. The van der Waals surface area contributed by atoms with Crippen LogP contribution >= 0.6 is 23.1 Å². The van der Waals surface area contributed by atoms with Crippen LogP contribution in [-0.2, 0) is 0 Å². The first-order chi connectivity index (χ1) is 15.7. The van der Waals surface area contributed by atoms with Gasteiger partial charge in [0.1, 0.15) is 12.2 Å². The fourth-order valence-corrected chi connectivity index (χ4v) is 6.07. The molecule has 0 bridgehead atoms. The van der Waals surface area contributed by atoms with Crippen LogP contribution in [0.5, 0.6) is 0 Å². The first-order valence-corrected chi connectivity index (χ1v) is 11.6. The van der Waals surface area contributed by atoms with Crippen LogP contribution in [0.3, 0.4) is 0 Å². The number of nitrogens with one attached hydrogen (secondary N) is 3. The van der Waals surface area contributed by atoms with Crippen LogP contribution in [0.2, 0.25) is 0 Å². The number of aliphatic hydroxyl groups excluding tert-OH is 1. The Hall–Kier alpha value is -2.58. The molecule has 1 saturated heterocycles. The van der Waals surface area contributed by atoms with Gasteiger partial charge in [-0.15, -0.1) is 11.3 Å². The Balaban J connectivity index is 1.55. The predicted octanol–water partition coefficient (Wildman–Crippen LogP) is 4.19. The summed E-state index contributed by atoms with van der Waals surface area (Å²) in [5.41, 5.74) is -4.10. The minimum absolute atomic E-state index is 0.0106. The number of fused-ring (bicyclic) bond motifs is 1. The van der Waals surface area contributed by atoms with E-state index in [0.717, 1.165) is 11.3 Å². The van der Waals surface area contributed by atoms with E-state index in [2.05, 4.69) is 26.1 Å². The summed E-state index contributed by atoms with van der Waals surface area (Å²) in [5, 5.41) is 22.1. The lowest BCUT2D eigenvalue weighted by atomic mass is 10.2. The molecule has 2 aliphatic rings. The van der Waals surface area contributed by atoms with Crippen molar-refractivity contribution in [1.82, 2.24) is 20.8 Å². The molecule has 0 spiro atoms. The third-order valence-corrected chi connectivity index (χ3v) is 7.63. The van der Waals surface area contributed by atoms with Crippen LogP contribution in [0, 0.1) is 0 Å². The molecule has 33 heavy (non-hydrogen) atoms. The zero-order valence-corrected chi connectivity index (χ0v) is 18.3. The summed E-state index contributed by atoms with van der Waals surface area (Å²) in [7, 11) is 0. The monoisotopic (exact) mass is 503 g/mol. The summed E-state index contributed by atoms with van der Waals surface area (Å²) >= 11 is 0.747. The Bertz CT molecular complexity index is 1200. The number of benzene rings is 1. The SMILES string of the molecule is O=C1NC[C@H](c2nc(-c3sc4c(N[C@@H]5CC(O)C[C@@H]5F)cccc4c3SC(F)(F)F)no2)N1. The summed E-state index contributed by atoms with van der Waals surface area (Å²) in [4.78, 5) is 15.7. The quantitative estimate of drug-likeness (QED) is 0.305. The largest absolute Gasteiger partial charge is 0.446 e. The van der Waals surface area contributed by atoms with Gasteiger partial charge in [-0.05, 0) is 24.2 Å². The molecule has 2 amide bonds. The molecule has 1 aliphatic carbocycles. The number of thiophene rings is 1. The number of carbonyl (C=O) groups excluding carboxylic acids is 1. The average molecular weight is 504 g/mol. The van der Waals surface area contributed by atoms with Gasteiger partial charge in [0.2, 0.25) is 5.82 Å². The molecule has 176 valence electrons. The molecule has 1 saturated carbocycles. The van der Waals surface area contributed by atoms with E-state index in [1.807, 2.05) is 0 Å². The molecule has 2 aromatic heterocycles. The molecular weight excluding hydrogens is 486 g/mol. The summed E-state index contributed by atoms with van der Waals surface area (Å²) in [6, 6.07) is 3.15. The lowest BCUT2D eigenvalue weighted by Crippen LogP contribution is -2.25. The number of rotatable bonds is 5. The summed E-state index contributed by atoms with van der Waals surface area (Å²) in [6.07, 6.45) is -1.82. The van der Waals surface area contributed by atoms with Crippen LogP contribution in [0.1, 0.15) is 24.8 Å². The number of hydrogen-bond donors (Lipinski definition) is 4. The molecule has 3 heterocycles. The zero-order chi connectivity index (χ0) is 23.3. The van der Waals surface area contributed by atoms with Gasteiger partial charge in [-0.25, -0.2) is 9.18 Å². The molecule has 1 aliphatic heterocycles. The van der Waals surface area contributed by atoms with E-state index >= 15 is 0 Å². The molecular formula is C19H17F4N5O3S2. The van der Waals surface area contributed by atoms with Gasteiger partial charge in [-0.3, -0.25) is 0 Å². The molecule has 8 nitrogen and oxygen atoms in total. The van der Waals surface area contributed by atoms with Gasteiger partial charge in [0.25, 0.3) is 5.89 Å². The van der Waals surface area contributed by atoms with Crippen molar-refractivity contribution in [3.05, 3.63) is 24.1 Å². The Morgan fingerprint density at radius 2 is 2.12 bits per heavy atom. The van der Waals surface area contributed by atoms with Gasteiger partial charge in [0.15, 0.2) is 0 Å². The van der Waals surface area contributed by atoms with Crippen molar-refractivity contribution in [1.29, 1.82) is 0 Å². The average Bonchev–Trinajstić information content (AvgIpc) is 3.49. The van der Waals surface area contributed by atoms with Crippen LogP contribution in [0.25, 0.3) is 20.8 Å².